The average Bonchev–Trinajstić information content (AvgIpc) is 3.17. The van der Waals surface area contributed by atoms with Crippen LogP contribution in [0.1, 0.15) is 30.9 Å². The highest BCUT2D eigenvalue weighted by Gasteiger charge is 2.53. The largest absolute Gasteiger partial charge is 0.301 e. The number of amides is 1. The summed E-state index contributed by atoms with van der Waals surface area (Å²) < 4.78 is 0. The molecular weight excluding hydrogens is 242 g/mol. The van der Waals surface area contributed by atoms with Crippen LogP contribution in [-0.4, -0.2) is 21.9 Å². The Labute approximate surface area is 101 Å². The van der Waals surface area contributed by atoms with Gasteiger partial charge in [-0.1, -0.05) is 0 Å². The van der Waals surface area contributed by atoms with E-state index < -0.39 is 12.0 Å². The number of anilines is 1. The smallest absolute Gasteiger partial charge is 0.236 e. The lowest BCUT2D eigenvalue weighted by molar-refractivity contribution is -0.497. The van der Waals surface area contributed by atoms with Gasteiger partial charge in [-0.15, -0.1) is 11.3 Å². The number of hydrogen-bond acceptors (Lipinski definition) is 5. The molecule has 6 nitrogen and oxygen atoms in total. The number of nitrogens with one attached hydrogen (secondary N) is 1. The Hall–Kier alpha value is -1.50. The molecule has 2 aliphatic rings. The van der Waals surface area contributed by atoms with Crippen molar-refractivity contribution in [2.24, 2.45) is 5.92 Å². The van der Waals surface area contributed by atoms with Crippen LogP contribution in [0.15, 0.2) is 5.38 Å². The molecule has 2 unspecified atom stereocenters. The molecule has 1 N–H and O–H groups in total. The van der Waals surface area contributed by atoms with Crippen LogP contribution in [0.4, 0.5) is 5.13 Å². The number of carbonyl (C=O) groups is 1. The van der Waals surface area contributed by atoms with Gasteiger partial charge in [-0.3, -0.25) is 14.9 Å². The Morgan fingerprint density at radius 2 is 2.35 bits per heavy atom. The fourth-order valence-electron chi connectivity index (χ4n) is 1.80. The quantitative estimate of drug-likeness (QED) is 0.652. The summed E-state index contributed by atoms with van der Waals surface area (Å²) in [7, 11) is 0. The van der Waals surface area contributed by atoms with Crippen molar-refractivity contribution in [3.8, 4) is 0 Å². The third-order valence-corrected chi connectivity index (χ3v) is 3.89. The molecule has 0 radical (unpaired) electrons. The highest BCUT2D eigenvalue weighted by molar-refractivity contribution is 7.13. The molecule has 0 spiro atoms. The van der Waals surface area contributed by atoms with Gasteiger partial charge in [0.25, 0.3) is 0 Å². The molecular formula is C10H11N3O3S. The molecule has 2 aliphatic carbocycles. The van der Waals surface area contributed by atoms with Crippen LogP contribution in [0.5, 0.6) is 0 Å². The van der Waals surface area contributed by atoms with E-state index in [2.05, 4.69) is 10.3 Å². The molecule has 0 aliphatic heterocycles. The third kappa shape index (κ3) is 2.14. The van der Waals surface area contributed by atoms with E-state index in [0.717, 1.165) is 5.69 Å². The summed E-state index contributed by atoms with van der Waals surface area (Å²) in [6.07, 6.45) is 2.69. The fraction of sp³-hybridized carbons (Fsp3) is 0.600. The van der Waals surface area contributed by atoms with Gasteiger partial charge in [0.15, 0.2) is 5.13 Å². The summed E-state index contributed by atoms with van der Waals surface area (Å²) in [5.41, 5.74) is 1.03. The van der Waals surface area contributed by atoms with Crippen molar-refractivity contribution in [1.82, 2.24) is 4.98 Å². The Balaban J connectivity index is 1.59. The summed E-state index contributed by atoms with van der Waals surface area (Å²) in [4.78, 5) is 26.0. The van der Waals surface area contributed by atoms with Gasteiger partial charge in [-0.05, 0) is 12.8 Å². The van der Waals surface area contributed by atoms with E-state index in [1.807, 2.05) is 5.38 Å². The number of nitrogens with zero attached hydrogens (tertiary/aromatic N) is 2. The van der Waals surface area contributed by atoms with Gasteiger partial charge in [0, 0.05) is 22.6 Å². The van der Waals surface area contributed by atoms with E-state index in [-0.39, 0.29) is 10.8 Å². The van der Waals surface area contributed by atoms with Crippen LogP contribution in [-0.2, 0) is 4.79 Å². The predicted molar refractivity (Wildman–Crippen MR) is 61.6 cm³/mol. The molecule has 2 fully saturated rings. The van der Waals surface area contributed by atoms with Crippen LogP contribution in [0, 0.1) is 16.0 Å². The summed E-state index contributed by atoms with van der Waals surface area (Å²) in [6, 6.07) is -0.696. The maximum Gasteiger partial charge on any atom is 0.236 e. The Morgan fingerprint density at radius 1 is 1.59 bits per heavy atom. The SMILES string of the molecule is O=C(Nc1nc(C2CC2)cs1)C1CC1[N+](=O)[O-]. The van der Waals surface area contributed by atoms with Crippen molar-refractivity contribution in [3.63, 3.8) is 0 Å². The first kappa shape index (κ1) is 10.6. The van der Waals surface area contributed by atoms with Crippen LogP contribution in [0.2, 0.25) is 0 Å². The molecule has 1 aromatic rings. The number of hydrogen-bond donors (Lipinski definition) is 1. The topological polar surface area (TPSA) is 85.1 Å². The molecule has 0 aromatic carbocycles. The normalized spacial score (nSPS) is 26.6. The fourth-order valence-corrected chi connectivity index (χ4v) is 2.60. The van der Waals surface area contributed by atoms with E-state index >= 15 is 0 Å². The maximum atomic E-state index is 11.6. The van der Waals surface area contributed by atoms with E-state index in [1.165, 1.54) is 24.2 Å². The van der Waals surface area contributed by atoms with Gasteiger partial charge in [0.1, 0.15) is 5.92 Å². The van der Waals surface area contributed by atoms with Crippen molar-refractivity contribution in [1.29, 1.82) is 0 Å². The van der Waals surface area contributed by atoms with Crippen LogP contribution < -0.4 is 5.32 Å². The number of rotatable bonds is 4. The molecule has 1 heterocycles. The lowest BCUT2D eigenvalue weighted by Gasteiger charge is -1.97. The van der Waals surface area contributed by atoms with E-state index in [9.17, 15) is 14.9 Å². The van der Waals surface area contributed by atoms with Crippen molar-refractivity contribution in [3.05, 3.63) is 21.2 Å². The zero-order valence-electron chi connectivity index (χ0n) is 8.96. The second-order valence-corrected chi connectivity index (χ2v) is 5.39. The van der Waals surface area contributed by atoms with Gasteiger partial charge in [0.2, 0.25) is 11.9 Å². The van der Waals surface area contributed by atoms with Crippen LogP contribution in [0.25, 0.3) is 0 Å². The first-order chi connectivity index (χ1) is 8.15. The molecule has 0 bridgehead atoms. The summed E-state index contributed by atoms with van der Waals surface area (Å²) in [5.74, 6) is -0.189. The molecule has 2 saturated carbocycles. The molecule has 2 atom stereocenters. The maximum absolute atomic E-state index is 11.6. The molecule has 17 heavy (non-hydrogen) atoms. The monoisotopic (exact) mass is 253 g/mol. The zero-order valence-corrected chi connectivity index (χ0v) is 9.77. The van der Waals surface area contributed by atoms with Crippen LogP contribution in [0.3, 0.4) is 0 Å². The highest BCUT2D eigenvalue weighted by atomic mass is 32.1. The predicted octanol–water partition coefficient (Wildman–Crippen LogP) is 1.62. The van der Waals surface area contributed by atoms with Crippen LogP contribution >= 0.6 is 11.3 Å². The van der Waals surface area contributed by atoms with Gasteiger partial charge in [-0.2, -0.15) is 0 Å². The minimum Gasteiger partial charge on any atom is -0.301 e. The van der Waals surface area contributed by atoms with E-state index in [0.29, 0.717) is 17.5 Å². The average molecular weight is 253 g/mol. The van der Waals surface area contributed by atoms with Gasteiger partial charge in [0.05, 0.1) is 5.69 Å². The van der Waals surface area contributed by atoms with Crippen molar-refractivity contribution in [2.75, 3.05) is 5.32 Å². The molecule has 1 aromatic heterocycles. The zero-order chi connectivity index (χ0) is 12.0. The Bertz CT molecular complexity index is 483. The molecule has 1 amide bonds. The lowest BCUT2D eigenvalue weighted by atomic mass is 10.3. The minimum atomic E-state index is -0.696. The van der Waals surface area contributed by atoms with Gasteiger partial charge >= 0.3 is 0 Å². The Morgan fingerprint density at radius 3 is 2.94 bits per heavy atom. The van der Waals surface area contributed by atoms with Crippen molar-refractivity contribution < 1.29 is 9.72 Å². The second kappa shape index (κ2) is 3.76. The summed E-state index contributed by atoms with van der Waals surface area (Å²) >= 11 is 1.39. The number of thiazole rings is 1. The second-order valence-electron chi connectivity index (χ2n) is 4.54. The van der Waals surface area contributed by atoms with Crippen molar-refractivity contribution >= 4 is 22.4 Å². The highest BCUT2D eigenvalue weighted by Crippen LogP contribution is 2.41. The first-order valence-electron chi connectivity index (χ1n) is 5.55. The number of carbonyl (C=O) groups excluding carboxylic acids is 1. The molecule has 3 rings (SSSR count). The molecule has 0 saturated heterocycles. The number of aromatic nitrogens is 1. The molecule has 7 heteroatoms. The van der Waals surface area contributed by atoms with Gasteiger partial charge < -0.3 is 5.32 Å². The lowest BCUT2D eigenvalue weighted by Crippen LogP contribution is -2.18. The molecule has 90 valence electrons. The number of nitro groups is 1. The van der Waals surface area contributed by atoms with E-state index in [1.54, 1.807) is 0 Å². The third-order valence-electron chi connectivity index (χ3n) is 3.11. The standard InChI is InChI=1S/C10H11N3O3S/c14-9(6-3-8(6)13(15)16)12-10-11-7(4-17-10)5-1-2-5/h4-6,8H,1-3H2,(H,11,12,14). The van der Waals surface area contributed by atoms with Crippen molar-refractivity contribution in [2.45, 2.75) is 31.2 Å². The Kier molecular flexibility index (Phi) is 2.36. The summed E-state index contributed by atoms with van der Waals surface area (Å²) in [5, 5.41) is 15.6. The van der Waals surface area contributed by atoms with Gasteiger partial charge in [-0.25, -0.2) is 4.98 Å². The van der Waals surface area contributed by atoms with E-state index in [4.69, 9.17) is 0 Å². The first-order valence-corrected chi connectivity index (χ1v) is 6.43. The minimum absolute atomic E-state index is 0.275. The summed E-state index contributed by atoms with van der Waals surface area (Å²) in [6.45, 7) is 0.